The Morgan fingerprint density at radius 2 is 2.25 bits per heavy atom. The van der Waals surface area contributed by atoms with Crippen LogP contribution in [-0.4, -0.2) is 26.6 Å². The van der Waals surface area contributed by atoms with Gasteiger partial charge in [0.2, 0.25) is 0 Å². The second kappa shape index (κ2) is 4.94. The van der Waals surface area contributed by atoms with Gasteiger partial charge in [0.05, 0.1) is 18.4 Å². The van der Waals surface area contributed by atoms with Crippen molar-refractivity contribution in [2.45, 2.75) is 26.6 Å². The van der Waals surface area contributed by atoms with E-state index >= 15 is 0 Å². The van der Waals surface area contributed by atoms with Crippen molar-refractivity contribution < 1.29 is 0 Å². The molecule has 0 aromatic carbocycles. The molecule has 2 aromatic heterocycles. The van der Waals surface area contributed by atoms with Crippen molar-refractivity contribution in [3.63, 3.8) is 0 Å². The van der Waals surface area contributed by atoms with Crippen molar-refractivity contribution >= 4 is 0 Å². The summed E-state index contributed by atoms with van der Waals surface area (Å²) in [6, 6.07) is 2.03. The third-order valence-electron chi connectivity index (χ3n) is 2.41. The van der Waals surface area contributed by atoms with Crippen LogP contribution in [0.25, 0.3) is 0 Å². The monoisotopic (exact) mass is 219 g/mol. The highest BCUT2D eigenvalue weighted by molar-refractivity contribution is 5.06. The van der Waals surface area contributed by atoms with E-state index in [-0.39, 0.29) is 0 Å². The van der Waals surface area contributed by atoms with E-state index in [1.165, 1.54) is 5.56 Å². The lowest BCUT2D eigenvalue weighted by Crippen LogP contribution is -2.07. The van der Waals surface area contributed by atoms with Crippen LogP contribution in [0.3, 0.4) is 0 Å². The number of nitrogens with one attached hydrogen (secondary N) is 1. The second-order valence-electron chi connectivity index (χ2n) is 3.74. The Balaban J connectivity index is 2.02. The minimum absolute atomic E-state index is 0.781. The summed E-state index contributed by atoms with van der Waals surface area (Å²) < 4.78 is 3.86. The first kappa shape index (κ1) is 10.9. The summed E-state index contributed by atoms with van der Waals surface area (Å²) in [4.78, 5) is 0. The molecule has 0 aliphatic carbocycles. The molecule has 5 heteroatoms. The molecule has 86 valence electrons. The lowest BCUT2D eigenvalue weighted by atomic mass is 10.4. The standard InChI is InChI=1S/C11H17N5/c1-3-15-8-10(6-13-15)9-16-5-4-11(14-16)7-12-2/h4-6,8,12H,3,7,9H2,1-2H3. The zero-order valence-electron chi connectivity index (χ0n) is 9.72. The summed E-state index contributed by atoms with van der Waals surface area (Å²) in [5.74, 6) is 0. The molecule has 0 aliphatic rings. The van der Waals surface area contributed by atoms with Crippen LogP contribution in [0.1, 0.15) is 18.2 Å². The number of aryl methyl sites for hydroxylation is 1. The summed E-state index contributed by atoms with van der Waals surface area (Å²) in [5, 5.41) is 11.8. The minimum atomic E-state index is 0.781. The topological polar surface area (TPSA) is 47.7 Å². The first-order valence-electron chi connectivity index (χ1n) is 5.50. The maximum absolute atomic E-state index is 4.45. The molecule has 1 N–H and O–H groups in total. The van der Waals surface area contributed by atoms with Gasteiger partial charge < -0.3 is 5.32 Å². The van der Waals surface area contributed by atoms with Gasteiger partial charge in [0.15, 0.2) is 0 Å². The van der Waals surface area contributed by atoms with Gasteiger partial charge >= 0.3 is 0 Å². The Morgan fingerprint density at radius 1 is 1.38 bits per heavy atom. The molecule has 0 radical (unpaired) electrons. The Morgan fingerprint density at radius 3 is 2.94 bits per heavy atom. The highest BCUT2D eigenvalue weighted by atomic mass is 15.3. The van der Waals surface area contributed by atoms with Crippen molar-refractivity contribution in [2.24, 2.45) is 0 Å². The van der Waals surface area contributed by atoms with Gasteiger partial charge in [-0.25, -0.2) is 0 Å². The van der Waals surface area contributed by atoms with Gasteiger partial charge in [-0.1, -0.05) is 0 Å². The molecule has 0 fully saturated rings. The molecule has 0 atom stereocenters. The molecule has 0 unspecified atom stereocenters. The molecule has 0 saturated carbocycles. The number of hydrogen-bond acceptors (Lipinski definition) is 3. The van der Waals surface area contributed by atoms with Crippen molar-refractivity contribution in [1.29, 1.82) is 0 Å². The van der Waals surface area contributed by atoms with Gasteiger partial charge in [0.1, 0.15) is 0 Å². The third kappa shape index (κ3) is 2.49. The number of nitrogens with zero attached hydrogens (tertiary/aromatic N) is 4. The average Bonchev–Trinajstić information content (AvgIpc) is 2.89. The fraction of sp³-hybridized carbons (Fsp3) is 0.455. The fourth-order valence-corrected chi connectivity index (χ4v) is 1.62. The normalized spacial score (nSPS) is 10.9. The largest absolute Gasteiger partial charge is 0.314 e. The van der Waals surface area contributed by atoms with Crippen molar-refractivity contribution in [2.75, 3.05) is 7.05 Å². The molecule has 0 amide bonds. The Hall–Kier alpha value is -1.62. The maximum atomic E-state index is 4.45. The van der Waals surface area contributed by atoms with E-state index in [0.29, 0.717) is 0 Å². The molecule has 0 bridgehead atoms. The van der Waals surface area contributed by atoms with E-state index < -0.39 is 0 Å². The highest BCUT2D eigenvalue weighted by Crippen LogP contribution is 2.02. The van der Waals surface area contributed by atoms with E-state index in [1.807, 2.05) is 34.9 Å². The lowest BCUT2D eigenvalue weighted by Gasteiger charge is -1.98. The zero-order valence-corrected chi connectivity index (χ0v) is 9.72. The average molecular weight is 219 g/mol. The van der Waals surface area contributed by atoms with E-state index in [2.05, 4.69) is 28.6 Å². The molecule has 2 heterocycles. The van der Waals surface area contributed by atoms with Crippen LogP contribution in [0, 0.1) is 0 Å². The van der Waals surface area contributed by atoms with Gasteiger partial charge in [-0.05, 0) is 20.0 Å². The van der Waals surface area contributed by atoms with Crippen molar-refractivity contribution in [3.05, 3.63) is 35.9 Å². The predicted molar refractivity (Wildman–Crippen MR) is 62.0 cm³/mol. The Kier molecular flexibility index (Phi) is 3.36. The molecule has 0 spiro atoms. The molecule has 5 nitrogen and oxygen atoms in total. The van der Waals surface area contributed by atoms with Crippen LogP contribution < -0.4 is 5.32 Å². The number of aromatic nitrogens is 4. The number of rotatable bonds is 5. The van der Waals surface area contributed by atoms with Crippen LogP contribution in [0.15, 0.2) is 24.7 Å². The Labute approximate surface area is 95.1 Å². The van der Waals surface area contributed by atoms with E-state index in [1.54, 1.807) is 0 Å². The van der Waals surface area contributed by atoms with Crippen LogP contribution in [0.4, 0.5) is 0 Å². The molecule has 2 aromatic rings. The molecule has 2 rings (SSSR count). The van der Waals surface area contributed by atoms with Crippen molar-refractivity contribution in [1.82, 2.24) is 24.9 Å². The van der Waals surface area contributed by atoms with Crippen LogP contribution in [0.2, 0.25) is 0 Å². The maximum Gasteiger partial charge on any atom is 0.0762 e. The SMILES string of the molecule is CCn1cc(Cn2ccc(CNC)n2)cn1. The fourth-order valence-electron chi connectivity index (χ4n) is 1.62. The van der Waals surface area contributed by atoms with E-state index in [4.69, 9.17) is 0 Å². The number of hydrogen-bond donors (Lipinski definition) is 1. The minimum Gasteiger partial charge on any atom is -0.314 e. The molecule has 16 heavy (non-hydrogen) atoms. The Bertz CT molecular complexity index is 443. The summed E-state index contributed by atoms with van der Waals surface area (Å²) in [7, 11) is 1.92. The smallest absolute Gasteiger partial charge is 0.0762 e. The quantitative estimate of drug-likeness (QED) is 0.811. The summed E-state index contributed by atoms with van der Waals surface area (Å²) >= 11 is 0. The predicted octanol–water partition coefficient (Wildman–Crippen LogP) is 0.867. The highest BCUT2D eigenvalue weighted by Gasteiger charge is 2.01. The molecule has 0 aliphatic heterocycles. The molecular formula is C11H17N5. The molecular weight excluding hydrogens is 202 g/mol. The van der Waals surface area contributed by atoms with Crippen LogP contribution in [0.5, 0.6) is 0 Å². The van der Waals surface area contributed by atoms with Gasteiger partial charge in [-0.2, -0.15) is 10.2 Å². The van der Waals surface area contributed by atoms with Gasteiger partial charge in [-0.3, -0.25) is 9.36 Å². The summed E-state index contributed by atoms with van der Waals surface area (Å²) in [6.45, 7) is 4.57. The van der Waals surface area contributed by atoms with Gasteiger partial charge in [-0.15, -0.1) is 0 Å². The van der Waals surface area contributed by atoms with Crippen LogP contribution >= 0.6 is 0 Å². The van der Waals surface area contributed by atoms with Gasteiger partial charge in [0.25, 0.3) is 0 Å². The van der Waals surface area contributed by atoms with E-state index in [0.717, 1.165) is 25.3 Å². The van der Waals surface area contributed by atoms with E-state index in [9.17, 15) is 0 Å². The lowest BCUT2D eigenvalue weighted by molar-refractivity contribution is 0.648. The third-order valence-corrected chi connectivity index (χ3v) is 2.41. The zero-order chi connectivity index (χ0) is 11.4. The first-order valence-corrected chi connectivity index (χ1v) is 5.50. The molecule has 0 saturated heterocycles. The second-order valence-corrected chi connectivity index (χ2v) is 3.74. The van der Waals surface area contributed by atoms with Gasteiger partial charge in [0, 0.05) is 31.0 Å². The summed E-state index contributed by atoms with van der Waals surface area (Å²) in [5.41, 5.74) is 2.24. The first-order chi connectivity index (χ1) is 7.81. The van der Waals surface area contributed by atoms with Crippen LogP contribution in [-0.2, 0) is 19.6 Å². The summed E-state index contributed by atoms with van der Waals surface area (Å²) in [6.07, 6.45) is 5.94. The van der Waals surface area contributed by atoms with Crippen molar-refractivity contribution in [3.8, 4) is 0 Å².